The quantitative estimate of drug-likeness (QED) is 0.712. The fourth-order valence-electron chi connectivity index (χ4n) is 2.30. The van der Waals surface area contributed by atoms with Crippen LogP contribution in [0.2, 0.25) is 0 Å². The Bertz CT molecular complexity index is 718. The number of carbonyl (C=O) groups is 1. The second-order valence-corrected chi connectivity index (χ2v) is 5.76. The maximum absolute atomic E-state index is 11.9. The van der Waals surface area contributed by atoms with Gasteiger partial charge in [0.25, 0.3) is 0 Å². The van der Waals surface area contributed by atoms with Crippen LogP contribution in [-0.2, 0) is 11.3 Å². The van der Waals surface area contributed by atoms with Gasteiger partial charge in [-0.25, -0.2) is 4.79 Å². The van der Waals surface area contributed by atoms with Gasteiger partial charge < -0.3 is 20.0 Å². The molecule has 1 heterocycles. The predicted molar refractivity (Wildman–Crippen MR) is 90.8 cm³/mol. The zero-order valence-corrected chi connectivity index (χ0v) is 13.9. The van der Waals surface area contributed by atoms with Crippen molar-refractivity contribution in [3.05, 3.63) is 28.7 Å². The summed E-state index contributed by atoms with van der Waals surface area (Å²) >= 11 is 0. The van der Waals surface area contributed by atoms with Gasteiger partial charge in [0.1, 0.15) is 0 Å². The molecule has 7 nitrogen and oxygen atoms in total. The maximum atomic E-state index is 11.9. The number of amides is 1. The average Bonchev–Trinajstić information content (AvgIpc) is 2.80. The normalized spacial score (nSPS) is 11.3. The highest BCUT2D eigenvalue weighted by molar-refractivity contribution is 5.92. The zero-order chi connectivity index (χ0) is 16.8. The summed E-state index contributed by atoms with van der Waals surface area (Å²) in [6.45, 7) is 2.08. The molecule has 1 aromatic carbocycles. The predicted octanol–water partition coefficient (Wildman–Crippen LogP) is 1.09. The van der Waals surface area contributed by atoms with Gasteiger partial charge in [0.2, 0.25) is 5.91 Å². The third-order valence-corrected chi connectivity index (χ3v) is 3.55. The van der Waals surface area contributed by atoms with Gasteiger partial charge in [-0.15, -0.1) is 0 Å². The molecular weight excluding hydrogens is 296 g/mol. The maximum Gasteiger partial charge on any atom is 0.419 e. The van der Waals surface area contributed by atoms with E-state index in [1.54, 1.807) is 22.8 Å². The van der Waals surface area contributed by atoms with Crippen LogP contribution in [-0.4, -0.2) is 49.6 Å². The summed E-state index contributed by atoms with van der Waals surface area (Å²) in [5.41, 5.74) is 1.90. The van der Waals surface area contributed by atoms with Crippen LogP contribution in [0.15, 0.2) is 27.4 Å². The van der Waals surface area contributed by atoms with Crippen LogP contribution in [0.25, 0.3) is 11.1 Å². The summed E-state index contributed by atoms with van der Waals surface area (Å²) in [5.74, 6) is -0.412. The SMILES string of the molecule is CNCCCC(=O)Nc1ccc2oc(=O)n(CCN(C)C)c2c1. The van der Waals surface area contributed by atoms with Crippen LogP contribution in [0.5, 0.6) is 0 Å². The number of aromatic nitrogens is 1. The molecule has 0 fully saturated rings. The Balaban J connectivity index is 2.15. The van der Waals surface area contributed by atoms with Crippen LogP contribution in [0.3, 0.4) is 0 Å². The van der Waals surface area contributed by atoms with Gasteiger partial charge in [0.05, 0.1) is 5.52 Å². The molecule has 0 saturated carbocycles. The van der Waals surface area contributed by atoms with Crippen LogP contribution >= 0.6 is 0 Å². The fraction of sp³-hybridized carbons (Fsp3) is 0.500. The van der Waals surface area contributed by atoms with Crippen molar-refractivity contribution in [1.29, 1.82) is 0 Å². The Hall–Kier alpha value is -2.12. The lowest BCUT2D eigenvalue weighted by Crippen LogP contribution is -2.23. The van der Waals surface area contributed by atoms with Crippen molar-refractivity contribution in [1.82, 2.24) is 14.8 Å². The summed E-state index contributed by atoms with van der Waals surface area (Å²) in [6, 6.07) is 5.25. The van der Waals surface area contributed by atoms with Crippen molar-refractivity contribution in [3.8, 4) is 0 Å². The number of hydrogen-bond acceptors (Lipinski definition) is 5. The topological polar surface area (TPSA) is 79.5 Å². The number of fused-ring (bicyclic) bond motifs is 1. The third-order valence-electron chi connectivity index (χ3n) is 3.55. The number of rotatable bonds is 8. The van der Waals surface area contributed by atoms with Crippen molar-refractivity contribution < 1.29 is 9.21 Å². The smallest absolute Gasteiger partial charge is 0.408 e. The molecule has 1 aromatic heterocycles. The molecule has 0 aliphatic carbocycles. The van der Waals surface area contributed by atoms with E-state index < -0.39 is 0 Å². The lowest BCUT2D eigenvalue weighted by Gasteiger charge is -2.10. The molecule has 0 aliphatic rings. The molecule has 0 saturated heterocycles. The molecule has 0 spiro atoms. The van der Waals surface area contributed by atoms with Crippen LogP contribution in [0.1, 0.15) is 12.8 Å². The number of carbonyl (C=O) groups excluding carboxylic acids is 1. The minimum atomic E-state index is -0.376. The van der Waals surface area contributed by atoms with Crippen molar-refractivity contribution in [2.24, 2.45) is 0 Å². The average molecular weight is 320 g/mol. The van der Waals surface area contributed by atoms with E-state index in [1.165, 1.54) is 0 Å². The first-order valence-corrected chi connectivity index (χ1v) is 7.74. The number of nitrogens with zero attached hydrogens (tertiary/aromatic N) is 2. The molecule has 2 aromatic rings. The zero-order valence-electron chi connectivity index (χ0n) is 13.9. The van der Waals surface area contributed by atoms with Gasteiger partial charge in [0.15, 0.2) is 5.58 Å². The monoisotopic (exact) mass is 320 g/mol. The molecule has 0 bridgehead atoms. The summed E-state index contributed by atoms with van der Waals surface area (Å²) in [7, 11) is 5.76. The standard InChI is InChI=1S/C16H24N4O3/c1-17-8-4-5-15(21)18-12-6-7-14-13(11-12)20(16(22)23-14)10-9-19(2)3/h6-7,11,17H,4-5,8-10H2,1-3H3,(H,18,21). The molecule has 2 N–H and O–H groups in total. The highest BCUT2D eigenvalue weighted by Gasteiger charge is 2.11. The Labute approximate surface area is 135 Å². The van der Waals surface area contributed by atoms with E-state index in [-0.39, 0.29) is 11.7 Å². The van der Waals surface area contributed by atoms with Crippen LogP contribution < -0.4 is 16.4 Å². The first kappa shape index (κ1) is 17.2. The fourth-order valence-corrected chi connectivity index (χ4v) is 2.30. The molecule has 1 amide bonds. The lowest BCUT2D eigenvalue weighted by molar-refractivity contribution is -0.116. The second kappa shape index (κ2) is 7.94. The van der Waals surface area contributed by atoms with Crippen molar-refractivity contribution in [3.63, 3.8) is 0 Å². The summed E-state index contributed by atoms with van der Waals surface area (Å²) in [6.07, 6.45) is 1.24. The number of nitrogens with one attached hydrogen (secondary N) is 2. The first-order valence-electron chi connectivity index (χ1n) is 7.74. The van der Waals surface area contributed by atoms with Gasteiger partial charge in [0, 0.05) is 25.2 Å². The minimum absolute atomic E-state index is 0.0368. The Kier molecular flexibility index (Phi) is 5.95. The number of hydrogen-bond donors (Lipinski definition) is 2. The van der Waals surface area contributed by atoms with Gasteiger partial charge in [-0.3, -0.25) is 9.36 Å². The number of likely N-dealkylation sites (N-methyl/N-ethyl adjacent to an activating group) is 1. The van der Waals surface area contributed by atoms with E-state index in [0.29, 0.717) is 29.8 Å². The molecule has 0 aliphatic heterocycles. The van der Waals surface area contributed by atoms with Crippen LogP contribution in [0.4, 0.5) is 5.69 Å². The highest BCUT2D eigenvalue weighted by Crippen LogP contribution is 2.18. The third kappa shape index (κ3) is 4.67. The molecular formula is C16H24N4O3. The van der Waals surface area contributed by atoms with Gasteiger partial charge in [-0.05, 0) is 52.3 Å². The van der Waals surface area contributed by atoms with E-state index in [4.69, 9.17) is 4.42 Å². The number of anilines is 1. The number of benzene rings is 1. The van der Waals surface area contributed by atoms with Gasteiger partial charge in [-0.2, -0.15) is 0 Å². The van der Waals surface area contributed by atoms with E-state index in [2.05, 4.69) is 10.6 Å². The molecule has 2 rings (SSSR count). The molecule has 0 unspecified atom stereocenters. The van der Waals surface area contributed by atoms with Gasteiger partial charge in [-0.1, -0.05) is 0 Å². The largest absolute Gasteiger partial charge is 0.419 e. The van der Waals surface area contributed by atoms with Crippen LogP contribution in [0, 0.1) is 0 Å². The summed E-state index contributed by atoms with van der Waals surface area (Å²) in [4.78, 5) is 25.8. The van der Waals surface area contributed by atoms with Crippen molar-refractivity contribution in [2.45, 2.75) is 19.4 Å². The van der Waals surface area contributed by atoms with E-state index in [0.717, 1.165) is 19.5 Å². The van der Waals surface area contributed by atoms with E-state index >= 15 is 0 Å². The lowest BCUT2D eigenvalue weighted by atomic mass is 10.2. The first-order chi connectivity index (χ1) is 11.0. The molecule has 126 valence electrons. The minimum Gasteiger partial charge on any atom is -0.408 e. The van der Waals surface area contributed by atoms with Crippen molar-refractivity contribution >= 4 is 22.7 Å². The van der Waals surface area contributed by atoms with Gasteiger partial charge >= 0.3 is 5.76 Å². The Morgan fingerprint density at radius 1 is 1.35 bits per heavy atom. The molecule has 0 atom stereocenters. The summed E-state index contributed by atoms with van der Waals surface area (Å²) < 4.78 is 6.83. The molecule has 0 radical (unpaired) electrons. The van der Waals surface area contributed by atoms with Crippen molar-refractivity contribution in [2.75, 3.05) is 39.5 Å². The Morgan fingerprint density at radius 3 is 2.83 bits per heavy atom. The highest BCUT2D eigenvalue weighted by atomic mass is 16.4. The molecule has 23 heavy (non-hydrogen) atoms. The summed E-state index contributed by atoms with van der Waals surface area (Å²) in [5, 5.41) is 5.87. The number of oxazole rings is 1. The Morgan fingerprint density at radius 2 is 2.13 bits per heavy atom. The molecule has 7 heteroatoms. The van der Waals surface area contributed by atoms with E-state index in [1.807, 2.05) is 26.0 Å². The second-order valence-electron chi connectivity index (χ2n) is 5.76. The van der Waals surface area contributed by atoms with E-state index in [9.17, 15) is 9.59 Å².